The molecule has 31 heavy (non-hydrogen) atoms. The van der Waals surface area contributed by atoms with Crippen LogP contribution in [0.25, 0.3) is 11.3 Å². The van der Waals surface area contributed by atoms with Gasteiger partial charge < -0.3 is 10.1 Å². The molecule has 7 nitrogen and oxygen atoms in total. The summed E-state index contributed by atoms with van der Waals surface area (Å²) in [5, 5.41) is 11.8. The molecule has 0 saturated carbocycles. The Morgan fingerprint density at radius 2 is 1.74 bits per heavy atom. The highest BCUT2D eigenvalue weighted by molar-refractivity contribution is 7.89. The van der Waals surface area contributed by atoms with E-state index in [0.717, 1.165) is 24.9 Å². The lowest BCUT2D eigenvalue weighted by Crippen LogP contribution is -2.28. The molecule has 2 aromatic carbocycles. The predicted octanol–water partition coefficient (Wildman–Crippen LogP) is 4.24. The Hall–Kier alpha value is -2.97. The molecule has 162 valence electrons. The quantitative estimate of drug-likeness (QED) is 0.594. The van der Waals surface area contributed by atoms with E-state index in [1.807, 2.05) is 24.3 Å². The summed E-state index contributed by atoms with van der Waals surface area (Å²) < 4.78 is 33.0. The standard InChI is InChI=1S/C23H26N4O3S/c1-3-17-6-9-19(10-7-17)24-23-13-11-20(25-26-23)18-8-12-21(30-2)22(16-18)31(28,29)27-14-4-5-15-27/h6-13,16H,3-5,14-15H2,1-2H3,(H,24,26). The first-order chi connectivity index (χ1) is 15.0. The lowest BCUT2D eigenvalue weighted by atomic mass is 10.1. The molecule has 1 saturated heterocycles. The third-order valence-corrected chi connectivity index (χ3v) is 7.36. The van der Waals surface area contributed by atoms with Crippen molar-refractivity contribution in [2.75, 3.05) is 25.5 Å². The highest BCUT2D eigenvalue weighted by Crippen LogP contribution is 2.32. The summed E-state index contributed by atoms with van der Waals surface area (Å²) >= 11 is 0. The van der Waals surface area contributed by atoms with Gasteiger partial charge in [-0.1, -0.05) is 19.1 Å². The Kier molecular flexibility index (Phi) is 6.20. The van der Waals surface area contributed by atoms with Crippen molar-refractivity contribution in [1.29, 1.82) is 0 Å². The van der Waals surface area contributed by atoms with Crippen molar-refractivity contribution in [2.45, 2.75) is 31.1 Å². The maximum atomic E-state index is 13.1. The number of hydrogen-bond donors (Lipinski definition) is 1. The van der Waals surface area contributed by atoms with Crippen LogP contribution in [0, 0.1) is 0 Å². The summed E-state index contributed by atoms with van der Waals surface area (Å²) in [6, 6.07) is 16.9. The van der Waals surface area contributed by atoms with Crippen LogP contribution >= 0.6 is 0 Å². The topological polar surface area (TPSA) is 84.4 Å². The highest BCUT2D eigenvalue weighted by Gasteiger charge is 2.30. The normalized spacial score (nSPS) is 14.5. The van der Waals surface area contributed by atoms with Gasteiger partial charge in [-0.15, -0.1) is 10.2 Å². The SMILES string of the molecule is CCc1ccc(Nc2ccc(-c3ccc(OC)c(S(=O)(=O)N4CCCC4)c3)nn2)cc1. The second-order valence-electron chi connectivity index (χ2n) is 7.46. The maximum Gasteiger partial charge on any atom is 0.246 e. The van der Waals surface area contributed by atoms with Crippen LogP contribution in [0.5, 0.6) is 5.75 Å². The zero-order chi connectivity index (χ0) is 21.8. The zero-order valence-corrected chi connectivity index (χ0v) is 18.5. The Bertz CT molecular complexity index is 1140. The highest BCUT2D eigenvalue weighted by atomic mass is 32.2. The number of methoxy groups -OCH3 is 1. The van der Waals surface area contributed by atoms with Crippen LogP contribution in [-0.4, -0.2) is 43.1 Å². The number of aromatic nitrogens is 2. The molecule has 2 heterocycles. The zero-order valence-electron chi connectivity index (χ0n) is 17.7. The summed E-state index contributed by atoms with van der Waals surface area (Å²) in [6.07, 6.45) is 2.75. The van der Waals surface area contributed by atoms with Gasteiger partial charge >= 0.3 is 0 Å². The van der Waals surface area contributed by atoms with Gasteiger partial charge in [-0.2, -0.15) is 4.31 Å². The number of sulfonamides is 1. The third kappa shape index (κ3) is 4.55. The van der Waals surface area contributed by atoms with E-state index >= 15 is 0 Å². The monoisotopic (exact) mass is 438 g/mol. The van der Waals surface area contributed by atoms with E-state index in [9.17, 15) is 8.42 Å². The van der Waals surface area contributed by atoms with E-state index in [1.54, 1.807) is 18.2 Å². The molecule has 1 aliphatic rings. The largest absolute Gasteiger partial charge is 0.495 e. The van der Waals surface area contributed by atoms with Crippen molar-refractivity contribution in [2.24, 2.45) is 0 Å². The van der Waals surface area contributed by atoms with Crippen LogP contribution in [0.1, 0.15) is 25.3 Å². The molecular formula is C23H26N4O3S. The average molecular weight is 439 g/mol. The number of ether oxygens (including phenoxy) is 1. The van der Waals surface area contributed by atoms with Gasteiger partial charge in [0.05, 0.1) is 12.8 Å². The molecule has 1 aliphatic heterocycles. The number of rotatable bonds is 7. The third-order valence-electron chi connectivity index (χ3n) is 5.44. The molecule has 0 amide bonds. The first-order valence-corrected chi connectivity index (χ1v) is 11.8. The predicted molar refractivity (Wildman–Crippen MR) is 121 cm³/mol. The van der Waals surface area contributed by atoms with Gasteiger partial charge in [0.1, 0.15) is 10.6 Å². The van der Waals surface area contributed by atoms with Crippen LogP contribution < -0.4 is 10.1 Å². The molecule has 4 rings (SSSR count). The molecular weight excluding hydrogens is 412 g/mol. The molecule has 0 unspecified atom stereocenters. The van der Waals surface area contributed by atoms with Crippen molar-refractivity contribution in [3.05, 3.63) is 60.2 Å². The maximum absolute atomic E-state index is 13.1. The van der Waals surface area contributed by atoms with E-state index in [0.29, 0.717) is 35.9 Å². The summed E-state index contributed by atoms with van der Waals surface area (Å²) in [7, 11) is -2.14. The number of anilines is 2. The van der Waals surface area contributed by atoms with Crippen LogP contribution in [-0.2, 0) is 16.4 Å². The average Bonchev–Trinajstić information content (AvgIpc) is 3.36. The first kappa shape index (κ1) is 21.3. The second kappa shape index (κ2) is 9.03. The van der Waals surface area contributed by atoms with Crippen LogP contribution in [0.15, 0.2) is 59.5 Å². The first-order valence-electron chi connectivity index (χ1n) is 10.4. The van der Waals surface area contributed by atoms with Crippen molar-refractivity contribution >= 4 is 21.5 Å². The van der Waals surface area contributed by atoms with Crippen molar-refractivity contribution < 1.29 is 13.2 Å². The van der Waals surface area contributed by atoms with Gasteiger partial charge in [0.15, 0.2) is 5.82 Å². The summed E-state index contributed by atoms with van der Waals surface area (Å²) in [5.41, 5.74) is 3.46. The second-order valence-corrected chi connectivity index (χ2v) is 9.36. The molecule has 0 aliphatic carbocycles. The van der Waals surface area contributed by atoms with E-state index in [4.69, 9.17) is 4.74 Å². The molecule has 0 radical (unpaired) electrons. The number of benzene rings is 2. The number of nitrogens with zero attached hydrogens (tertiary/aromatic N) is 3. The smallest absolute Gasteiger partial charge is 0.246 e. The fourth-order valence-electron chi connectivity index (χ4n) is 3.63. The molecule has 0 spiro atoms. The molecule has 1 fully saturated rings. The lowest BCUT2D eigenvalue weighted by molar-refractivity contribution is 0.398. The lowest BCUT2D eigenvalue weighted by Gasteiger charge is -2.18. The minimum atomic E-state index is -3.62. The molecule has 3 aromatic rings. The van der Waals surface area contributed by atoms with Crippen molar-refractivity contribution in [1.82, 2.24) is 14.5 Å². The molecule has 1 aromatic heterocycles. The van der Waals surface area contributed by atoms with Gasteiger partial charge in [0, 0.05) is 24.3 Å². The molecule has 1 N–H and O–H groups in total. The van der Waals surface area contributed by atoms with Crippen molar-refractivity contribution in [3.8, 4) is 17.0 Å². The minimum Gasteiger partial charge on any atom is -0.495 e. The summed E-state index contributed by atoms with van der Waals surface area (Å²) in [6.45, 7) is 3.19. The van der Waals surface area contributed by atoms with Gasteiger partial charge in [0.2, 0.25) is 10.0 Å². The Labute approximate surface area is 183 Å². The minimum absolute atomic E-state index is 0.161. The van der Waals surface area contributed by atoms with Crippen LogP contribution in [0.3, 0.4) is 0 Å². The van der Waals surface area contributed by atoms with Crippen molar-refractivity contribution in [3.63, 3.8) is 0 Å². The van der Waals surface area contributed by atoms with E-state index in [1.165, 1.54) is 17.0 Å². The Morgan fingerprint density at radius 3 is 2.35 bits per heavy atom. The Balaban J connectivity index is 1.59. The van der Waals surface area contributed by atoms with Gasteiger partial charge in [-0.25, -0.2) is 8.42 Å². The van der Waals surface area contributed by atoms with E-state index < -0.39 is 10.0 Å². The van der Waals surface area contributed by atoms with Crippen LogP contribution in [0.2, 0.25) is 0 Å². The molecule has 0 bridgehead atoms. The van der Waals surface area contributed by atoms with Crippen LogP contribution in [0.4, 0.5) is 11.5 Å². The molecule has 8 heteroatoms. The van der Waals surface area contributed by atoms with Gasteiger partial charge in [-0.3, -0.25) is 0 Å². The summed E-state index contributed by atoms with van der Waals surface area (Å²) in [5.74, 6) is 0.948. The van der Waals surface area contributed by atoms with Gasteiger partial charge in [0.25, 0.3) is 0 Å². The Morgan fingerprint density at radius 1 is 1.00 bits per heavy atom. The van der Waals surface area contributed by atoms with E-state index in [-0.39, 0.29) is 4.90 Å². The fraction of sp³-hybridized carbons (Fsp3) is 0.304. The number of nitrogens with one attached hydrogen (secondary N) is 1. The summed E-state index contributed by atoms with van der Waals surface area (Å²) in [4.78, 5) is 0.161. The number of aryl methyl sites for hydroxylation is 1. The molecule has 0 atom stereocenters. The fourth-order valence-corrected chi connectivity index (χ4v) is 5.33. The number of hydrogen-bond acceptors (Lipinski definition) is 6. The van der Waals surface area contributed by atoms with E-state index in [2.05, 4.69) is 34.6 Å². The van der Waals surface area contributed by atoms with Gasteiger partial charge in [-0.05, 0) is 67.3 Å².